The third kappa shape index (κ3) is 4.65. The third-order valence-electron chi connectivity index (χ3n) is 5.29. The first kappa shape index (κ1) is 18.4. The van der Waals surface area contributed by atoms with Gasteiger partial charge in [-0.3, -0.25) is 14.7 Å². The van der Waals surface area contributed by atoms with Crippen LogP contribution in [0, 0.1) is 0 Å². The van der Waals surface area contributed by atoms with Gasteiger partial charge in [-0.25, -0.2) is 0 Å². The number of amides is 1. The molecule has 1 aromatic heterocycles. The smallest absolute Gasteiger partial charge is 0.251 e. The highest BCUT2D eigenvalue weighted by atomic mass is 16.1. The van der Waals surface area contributed by atoms with Crippen LogP contribution >= 0.6 is 0 Å². The predicted octanol–water partition coefficient (Wildman–Crippen LogP) is 4.14. The Balaban J connectivity index is 1.32. The van der Waals surface area contributed by atoms with E-state index >= 15 is 0 Å². The second kappa shape index (κ2) is 8.81. The molecule has 0 atom stereocenters. The minimum Gasteiger partial charge on any atom is -0.349 e. The highest BCUT2D eigenvalue weighted by molar-refractivity contribution is 5.95. The number of hydrogen-bond donors (Lipinski definition) is 1. The molecular formula is C24H25N3O. The molecule has 0 spiro atoms. The van der Waals surface area contributed by atoms with Crippen molar-refractivity contribution in [2.75, 3.05) is 13.1 Å². The summed E-state index contributed by atoms with van der Waals surface area (Å²) in [4.78, 5) is 19.3. The number of carbonyl (C=O) groups excluding carboxylic acids is 1. The summed E-state index contributed by atoms with van der Waals surface area (Å²) >= 11 is 0. The lowest BCUT2D eigenvalue weighted by Gasteiger charge is -2.32. The van der Waals surface area contributed by atoms with Crippen LogP contribution in [0.1, 0.15) is 28.8 Å². The molecule has 0 unspecified atom stereocenters. The molecule has 3 aromatic rings. The number of aromatic nitrogens is 1. The average Bonchev–Trinajstić information content (AvgIpc) is 2.76. The summed E-state index contributed by atoms with van der Waals surface area (Å²) in [6.45, 7) is 3.00. The monoisotopic (exact) mass is 371 g/mol. The number of rotatable bonds is 5. The highest BCUT2D eigenvalue weighted by Gasteiger charge is 2.21. The van der Waals surface area contributed by atoms with Crippen molar-refractivity contribution in [3.63, 3.8) is 0 Å². The largest absolute Gasteiger partial charge is 0.349 e. The Morgan fingerprint density at radius 2 is 1.75 bits per heavy atom. The van der Waals surface area contributed by atoms with Crippen LogP contribution in [0.5, 0.6) is 0 Å². The van der Waals surface area contributed by atoms with Crippen molar-refractivity contribution in [3.8, 4) is 11.1 Å². The molecule has 2 heterocycles. The Morgan fingerprint density at radius 1 is 0.964 bits per heavy atom. The SMILES string of the molecule is O=C(NC1CCN(Cc2ccccc2)CC1)c1cccc(-c2cccnc2)c1. The van der Waals surface area contributed by atoms with E-state index in [1.54, 1.807) is 6.20 Å². The van der Waals surface area contributed by atoms with Crippen molar-refractivity contribution >= 4 is 5.91 Å². The summed E-state index contributed by atoms with van der Waals surface area (Å²) in [6, 6.07) is 22.5. The number of likely N-dealkylation sites (tertiary alicyclic amines) is 1. The van der Waals surface area contributed by atoms with Gasteiger partial charge in [0.15, 0.2) is 0 Å². The first-order chi connectivity index (χ1) is 13.8. The number of piperidine rings is 1. The maximum Gasteiger partial charge on any atom is 0.251 e. The van der Waals surface area contributed by atoms with E-state index in [2.05, 4.69) is 45.5 Å². The van der Waals surface area contributed by atoms with Crippen LogP contribution in [0.15, 0.2) is 79.1 Å². The molecule has 4 heteroatoms. The lowest BCUT2D eigenvalue weighted by atomic mass is 10.0. The molecule has 1 amide bonds. The summed E-state index contributed by atoms with van der Waals surface area (Å²) in [7, 11) is 0. The number of benzene rings is 2. The number of nitrogens with one attached hydrogen (secondary N) is 1. The maximum atomic E-state index is 12.7. The molecule has 4 rings (SSSR count). The molecule has 0 radical (unpaired) electrons. The fourth-order valence-electron chi connectivity index (χ4n) is 3.72. The van der Waals surface area contributed by atoms with Crippen LogP contribution in [-0.4, -0.2) is 34.9 Å². The zero-order valence-corrected chi connectivity index (χ0v) is 15.9. The van der Waals surface area contributed by atoms with Gasteiger partial charge in [0.25, 0.3) is 5.91 Å². The minimum absolute atomic E-state index is 0.00671. The lowest BCUT2D eigenvalue weighted by molar-refractivity contribution is 0.0909. The van der Waals surface area contributed by atoms with Crippen molar-refractivity contribution in [2.45, 2.75) is 25.4 Å². The highest BCUT2D eigenvalue weighted by Crippen LogP contribution is 2.20. The Labute approximate surface area is 166 Å². The lowest BCUT2D eigenvalue weighted by Crippen LogP contribution is -2.44. The van der Waals surface area contributed by atoms with E-state index in [1.165, 1.54) is 5.56 Å². The van der Waals surface area contributed by atoms with Crippen LogP contribution in [0.4, 0.5) is 0 Å². The molecule has 4 nitrogen and oxygen atoms in total. The van der Waals surface area contributed by atoms with Crippen LogP contribution in [0.25, 0.3) is 11.1 Å². The standard InChI is InChI=1S/C24H25N3O/c28-24(21-9-4-8-20(16-21)22-10-5-13-25-17-22)26-23-11-14-27(15-12-23)18-19-6-2-1-3-7-19/h1-10,13,16-17,23H,11-12,14-15,18H2,(H,26,28). The molecule has 2 aromatic carbocycles. The predicted molar refractivity (Wildman–Crippen MR) is 112 cm³/mol. The summed E-state index contributed by atoms with van der Waals surface area (Å²) in [5, 5.41) is 3.22. The first-order valence-corrected chi connectivity index (χ1v) is 9.85. The Morgan fingerprint density at radius 3 is 2.50 bits per heavy atom. The van der Waals surface area contributed by atoms with E-state index < -0.39 is 0 Å². The van der Waals surface area contributed by atoms with E-state index in [4.69, 9.17) is 0 Å². The molecule has 0 bridgehead atoms. The molecule has 1 saturated heterocycles. The summed E-state index contributed by atoms with van der Waals surface area (Å²) in [6.07, 6.45) is 5.55. The number of hydrogen-bond acceptors (Lipinski definition) is 3. The van der Waals surface area contributed by atoms with Gasteiger partial charge in [0.2, 0.25) is 0 Å². The fourth-order valence-corrected chi connectivity index (χ4v) is 3.72. The number of carbonyl (C=O) groups is 1. The van der Waals surface area contributed by atoms with E-state index in [1.807, 2.05) is 42.6 Å². The normalized spacial score (nSPS) is 15.3. The van der Waals surface area contributed by atoms with Gasteiger partial charge in [0, 0.05) is 49.2 Å². The van der Waals surface area contributed by atoms with Crippen LogP contribution < -0.4 is 5.32 Å². The molecule has 1 aliphatic heterocycles. The maximum absolute atomic E-state index is 12.7. The van der Waals surface area contributed by atoms with Crippen molar-refractivity contribution < 1.29 is 4.79 Å². The Hall–Kier alpha value is -2.98. The first-order valence-electron chi connectivity index (χ1n) is 9.85. The zero-order chi connectivity index (χ0) is 19.2. The van der Waals surface area contributed by atoms with Gasteiger partial charge in [0.1, 0.15) is 0 Å². The van der Waals surface area contributed by atoms with Gasteiger partial charge in [-0.1, -0.05) is 48.5 Å². The Bertz CT molecular complexity index is 903. The molecule has 0 aliphatic carbocycles. The summed E-state index contributed by atoms with van der Waals surface area (Å²) in [5.41, 5.74) is 4.08. The van der Waals surface area contributed by atoms with Crippen LogP contribution in [0.2, 0.25) is 0 Å². The van der Waals surface area contributed by atoms with E-state index in [9.17, 15) is 4.79 Å². The zero-order valence-electron chi connectivity index (χ0n) is 15.9. The molecule has 0 saturated carbocycles. The molecular weight excluding hydrogens is 346 g/mol. The van der Waals surface area contributed by atoms with Crippen molar-refractivity contribution in [1.82, 2.24) is 15.2 Å². The minimum atomic E-state index is 0.00671. The van der Waals surface area contributed by atoms with Crippen molar-refractivity contribution in [3.05, 3.63) is 90.3 Å². The van der Waals surface area contributed by atoms with E-state index in [-0.39, 0.29) is 11.9 Å². The fraction of sp³-hybridized carbons (Fsp3) is 0.250. The van der Waals surface area contributed by atoms with Crippen LogP contribution in [0.3, 0.4) is 0 Å². The van der Waals surface area contributed by atoms with Crippen molar-refractivity contribution in [2.24, 2.45) is 0 Å². The van der Waals surface area contributed by atoms with Gasteiger partial charge in [0.05, 0.1) is 0 Å². The van der Waals surface area contributed by atoms with Gasteiger partial charge < -0.3 is 5.32 Å². The Kier molecular flexibility index (Phi) is 5.78. The van der Waals surface area contributed by atoms with Crippen LogP contribution in [-0.2, 0) is 6.54 Å². The molecule has 1 aliphatic rings. The van der Waals surface area contributed by atoms with Gasteiger partial charge in [-0.05, 0) is 42.2 Å². The second-order valence-electron chi connectivity index (χ2n) is 7.33. The third-order valence-corrected chi connectivity index (χ3v) is 5.29. The summed E-state index contributed by atoms with van der Waals surface area (Å²) < 4.78 is 0. The molecule has 1 N–H and O–H groups in total. The number of pyridine rings is 1. The molecule has 1 fully saturated rings. The van der Waals surface area contributed by atoms with E-state index in [0.29, 0.717) is 5.56 Å². The molecule has 28 heavy (non-hydrogen) atoms. The topological polar surface area (TPSA) is 45.2 Å². The van der Waals surface area contributed by atoms with Crippen molar-refractivity contribution in [1.29, 1.82) is 0 Å². The van der Waals surface area contributed by atoms with E-state index in [0.717, 1.165) is 43.6 Å². The van der Waals surface area contributed by atoms with Gasteiger partial charge >= 0.3 is 0 Å². The number of nitrogens with zero attached hydrogens (tertiary/aromatic N) is 2. The quantitative estimate of drug-likeness (QED) is 0.733. The second-order valence-corrected chi connectivity index (χ2v) is 7.33. The summed E-state index contributed by atoms with van der Waals surface area (Å²) in [5.74, 6) is 0.00671. The average molecular weight is 371 g/mol. The molecule has 142 valence electrons. The van der Waals surface area contributed by atoms with Gasteiger partial charge in [-0.15, -0.1) is 0 Å². The van der Waals surface area contributed by atoms with Gasteiger partial charge in [-0.2, -0.15) is 0 Å².